The fraction of sp³-hybridized carbons (Fsp3) is 0.0625. The number of para-hydroxylation sites is 2. The zero-order chi connectivity index (χ0) is 29.9. The van der Waals surface area contributed by atoms with E-state index in [0.29, 0.717) is 48.6 Å². The summed E-state index contributed by atoms with van der Waals surface area (Å²) in [4.78, 5) is 30.8. The van der Waals surface area contributed by atoms with Crippen LogP contribution in [0.3, 0.4) is 0 Å². The van der Waals surface area contributed by atoms with Gasteiger partial charge in [0.15, 0.2) is 23.9 Å². The summed E-state index contributed by atoms with van der Waals surface area (Å²) in [6.45, 7) is -0.204. The highest BCUT2D eigenvalue weighted by Gasteiger charge is 2.18. The van der Waals surface area contributed by atoms with Gasteiger partial charge in [0.05, 0.1) is 27.8 Å². The molecule has 0 saturated carbocycles. The van der Waals surface area contributed by atoms with E-state index in [0.717, 1.165) is 9.86 Å². The van der Waals surface area contributed by atoms with Crippen LogP contribution in [0, 0.1) is 3.57 Å². The van der Waals surface area contributed by atoms with Crippen molar-refractivity contribution in [2.75, 3.05) is 19.0 Å². The van der Waals surface area contributed by atoms with Gasteiger partial charge in [-0.2, -0.15) is 9.78 Å². The molecular weight excluding hydrogens is 727 g/mol. The molecule has 0 aliphatic heterocycles. The van der Waals surface area contributed by atoms with Crippen LogP contribution >= 0.6 is 38.5 Å². The monoisotopic (exact) mass is 748 g/mol. The lowest BCUT2D eigenvalue weighted by Gasteiger charge is -2.13. The van der Waals surface area contributed by atoms with Crippen molar-refractivity contribution < 1.29 is 18.7 Å². The fourth-order valence-electron chi connectivity index (χ4n) is 4.45. The third-order valence-corrected chi connectivity index (χ3v) is 7.73. The molecule has 0 radical (unpaired) electrons. The quantitative estimate of drug-likeness (QED) is 0.132. The Morgan fingerprint density at radius 1 is 1.07 bits per heavy atom. The average molecular weight is 749 g/mol. The van der Waals surface area contributed by atoms with E-state index in [2.05, 4.69) is 48.9 Å². The maximum absolute atomic E-state index is 13.6. The standard InChI is InChI=1S/C32H22BrIN4O5/c1-41-27-14-19(13-24(34)30(27)42-18-29(39)36-22-7-3-2-4-8-22)17-35-38-31(37-25-10-6-5-9-23(25)32(38)40)28-16-20-15-21(33)11-12-26(20)43-28/h2-17H,18H2,1H3,(H,36,39). The molecule has 6 aromatic rings. The van der Waals surface area contributed by atoms with Gasteiger partial charge in [-0.25, -0.2) is 4.98 Å². The number of hydrogen-bond donors (Lipinski definition) is 1. The lowest BCUT2D eigenvalue weighted by Crippen LogP contribution is -2.20. The first kappa shape index (κ1) is 28.6. The van der Waals surface area contributed by atoms with Gasteiger partial charge < -0.3 is 19.2 Å². The smallest absolute Gasteiger partial charge is 0.282 e. The van der Waals surface area contributed by atoms with Gasteiger partial charge in [-0.15, -0.1) is 0 Å². The van der Waals surface area contributed by atoms with Crippen molar-refractivity contribution in [1.29, 1.82) is 0 Å². The van der Waals surface area contributed by atoms with Crippen molar-refractivity contribution in [2.45, 2.75) is 0 Å². The molecule has 0 bridgehead atoms. The van der Waals surface area contributed by atoms with Gasteiger partial charge in [0, 0.05) is 15.5 Å². The van der Waals surface area contributed by atoms with Gasteiger partial charge in [-0.1, -0.05) is 46.3 Å². The summed E-state index contributed by atoms with van der Waals surface area (Å²) in [5, 5.41) is 8.61. The molecule has 1 amide bonds. The summed E-state index contributed by atoms with van der Waals surface area (Å²) in [6, 6.07) is 27.2. The minimum atomic E-state index is -0.343. The fourth-order valence-corrected chi connectivity index (χ4v) is 5.61. The highest BCUT2D eigenvalue weighted by Crippen LogP contribution is 2.34. The zero-order valence-electron chi connectivity index (χ0n) is 22.6. The summed E-state index contributed by atoms with van der Waals surface area (Å²) < 4.78 is 20.3. The molecule has 214 valence electrons. The normalized spacial score (nSPS) is 11.3. The number of aromatic nitrogens is 2. The number of carbonyl (C=O) groups excluding carboxylic acids is 1. The van der Waals surface area contributed by atoms with E-state index in [4.69, 9.17) is 18.9 Å². The number of fused-ring (bicyclic) bond motifs is 2. The first-order valence-corrected chi connectivity index (χ1v) is 14.9. The molecule has 2 heterocycles. The van der Waals surface area contributed by atoms with Crippen molar-refractivity contribution in [2.24, 2.45) is 5.10 Å². The Hall–Kier alpha value is -4.49. The summed E-state index contributed by atoms with van der Waals surface area (Å²) in [6.07, 6.45) is 1.54. The van der Waals surface area contributed by atoms with Crippen molar-refractivity contribution in [3.63, 3.8) is 0 Å². The first-order chi connectivity index (χ1) is 20.9. The van der Waals surface area contributed by atoms with Crippen molar-refractivity contribution in [1.82, 2.24) is 9.66 Å². The number of ether oxygens (including phenoxy) is 2. The van der Waals surface area contributed by atoms with Crippen molar-refractivity contribution >= 4 is 78.2 Å². The lowest BCUT2D eigenvalue weighted by molar-refractivity contribution is -0.118. The predicted molar refractivity (Wildman–Crippen MR) is 178 cm³/mol. The zero-order valence-corrected chi connectivity index (χ0v) is 26.3. The molecule has 0 aliphatic rings. The van der Waals surface area contributed by atoms with Crippen molar-refractivity contribution in [3.05, 3.63) is 115 Å². The Morgan fingerprint density at radius 3 is 2.67 bits per heavy atom. The number of rotatable bonds is 8. The average Bonchev–Trinajstić information content (AvgIpc) is 3.43. The predicted octanol–water partition coefficient (Wildman–Crippen LogP) is 7.09. The second-order valence-electron chi connectivity index (χ2n) is 9.34. The van der Waals surface area contributed by atoms with Crippen LogP contribution in [0.4, 0.5) is 5.69 Å². The number of methoxy groups -OCH3 is 1. The largest absolute Gasteiger partial charge is 0.493 e. The third kappa shape index (κ3) is 6.18. The number of furan rings is 1. The molecular formula is C32H22BrIN4O5. The number of nitrogens with zero attached hydrogens (tertiary/aromatic N) is 3. The molecule has 4 aromatic carbocycles. The highest BCUT2D eigenvalue weighted by atomic mass is 127. The molecule has 11 heteroatoms. The molecule has 0 unspecified atom stereocenters. The van der Waals surface area contributed by atoms with Gasteiger partial charge >= 0.3 is 0 Å². The molecule has 9 nitrogen and oxygen atoms in total. The van der Waals surface area contributed by atoms with Crippen LogP contribution in [-0.4, -0.2) is 35.5 Å². The van der Waals surface area contributed by atoms with E-state index >= 15 is 0 Å². The van der Waals surface area contributed by atoms with Crippen LogP contribution in [0.25, 0.3) is 33.5 Å². The van der Waals surface area contributed by atoms with Gasteiger partial charge in [0.2, 0.25) is 5.82 Å². The number of nitrogens with one attached hydrogen (secondary N) is 1. The van der Waals surface area contributed by atoms with Crippen LogP contribution < -0.4 is 20.3 Å². The van der Waals surface area contributed by atoms with Crippen LogP contribution in [0.1, 0.15) is 5.56 Å². The van der Waals surface area contributed by atoms with Gasteiger partial charge in [-0.3, -0.25) is 9.59 Å². The van der Waals surface area contributed by atoms with Gasteiger partial charge in [0.25, 0.3) is 11.5 Å². The molecule has 1 N–H and O–H groups in total. The molecule has 6 rings (SSSR count). The van der Waals surface area contributed by atoms with E-state index in [9.17, 15) is 9.59 Å². The second kappa shape index (κ2) is 12.4. The Balaban J connectivity index is 1.33. The lowest BCUT2D eigenvalue weighted by atomic mass is 10.2. The number of benzene rings is 4. The van der Waals surface area contributed by atoms with Crippen LogP contribution in [-0.2, 0) is 4.79 Å². The molecule has 2 aromatic heterocycles. The van der Waals surface area contributed by atoms with E-state index in [1.807, 2.05) is 54.6 Å². The number of halogens is 2. The van der Waals surface area contributed by atoms with Gasteiger partial charge in [-0.05, 0) is 88.8 Å². The maximum atomic E-state index is 13.6. The molecule has 0 fully saturated rings. The second-order valence-corrected chi connectivity index (χ2v) is 11.4. The number of anilines is 1. The van der Waals surface area contributed by atoms with E-state index in [-0.39, 0.29) is 23.9 Å². The minimum absolute atomic E-state index is 0.204. The Morgan fingerprint density at radius 2 is 1.86 bits per heavy atom. The molecule has 0 saturated heterocycles. The van der Waals surface area contributed by atoms with Crippen molar-refractivity contribution in [3.8, 4) is 23.1 Å². The molecule has 0 spiro atoms. The Labute approximate surface area is 267 Å². The third-order valence-electron chi connectivity index (χ3n) is 6.43. The summed E-state index contributed by atoms with van der Waals surface area (Å²) in [7, 11) is 1.51. The highest BCUT2D eigenvalue weighted by molar-refractivity contribution is 14.1. The SMILES string of the molecule is COc1cc(C=Nn2c(-c3cc4cc(Br)ccc4o3)nc3ccccc3c2=O)cc(I)c1OCC(=O)Nc1ccccc1. The van der Waals surface area contributed by atoms with Gasteiger partial charge in [0.1, 0.15) is 5.58 Å². The summed E-state index contributed by atoms with van der Waals surface area (Å²) in [5.74, 6) is 1.19. The summed E-state index contributed by atoms with van der Waals surface area (Å²) in [5.41, 5.74) is 2.16. The Kier molecular flexibility index (Phi) is 8.25. The number of hydrogen-bond acceptors (Lipinski definition) is 7. The van der Waals surface area contributed by atoms with E-state index < -0.39 is 0 Å². The summed E-state index contributed by atoms with van der Waals surface area (Å²) >= 11 is 5.59. The number of amides is 1. The minimum Gasteiger partial charge on any atom is -0.493 e. The molecule has 43 heavy (non-hydrogen) atoms. The molecule has 0 atom stereocenters. The first-order valence-electron chi connectivity index (χ1n) is 13.0. The number of carbonyl (C=O) groups is 1. The molecule has 0 aliphatic carbocycles. The Bertz CT molecular complexity index is 2070. The van der Waals surface area contributed by atoms with Crippen LogP contribution in [0.2, 0.25) is 0 Å². The van der Waals surface area contributed by atoms with E-state index in [1.165, 1.54) is 18.0 Å². The van der Waals surface area contributed by atoms with Crippen LogP contribution in [0.5, 0.6) is 11.5 Å². The van der Waals surface area contributed by atoms with Crippen LogP contribution in [0.15, 0.2) is 110 Å². The topological polar surface area (TPSA) is 108 Å². The van der Waals surface area contributed by atoms with E-state index in [1.54, 1.807) is 36.4 Å². The maximum Gasteiger partial charge on any atom is 0.282 e.